The Bertz CT molecular complexity index is 516. The standard InChI is InChI=1S/C16H17ClN2/c17-16-7-6-15(12-18-16)19-10-8-14(9-11-19)13-4-2-1-3-5-13/h1-7,12,14H,8-11H2. The van der Waals surface area contributed by atoms with E-state index in [-0.39, 0.29) is 0 Å². The maximum absolute atomic E-state index is 5.82. The molecule has 0 amide bonds. The van der Waals surface area contributed by atoms with Crippen molar-refractivity contribution in [2.75, 3.05) is 18.0 Å². The van der Waals surface area contributed by atoms with E-state index < -0.39 is 0 Å². The molecule has 0 atom stereocenters. The van der Waals surface area contributed by atoms with Crippen LogP contribution in [0.3, 0.4) is 0 Å². The van der Waals surface area contributed by atoms with Gasteiger partial charge in [-0.3, -0.25) is 0 Å². The molecule has 19 heavy (non-hydrogen) atoms. The first kappa shape index (κ1) is 12.5. The lowest BCUT2D eigenvalue weighted by Crippen LogP contribution is -2.32. The number of benzene rings is 1. The zero-order valence-electron chi connectivity index (χ0n) is 10.8. The van der Waals surface area contributed by atoms with Crippen LogP contribution in [0.1, 0.15) is 24.3 Å². The van der Waals surface area contributed by atoms with Crippen LogP contribution in [0.15, 0.2) is 48.7 Å². The molecule has 1 aromatic carbocycles. The summed E-state index contributed by atoms with van der Waals surface area (Å²) in [5.74, 6) is 0.692. The lowest BCUT2D eigenvalue weighted by Gasteiger charge is -2.33. The van der Waals surface area contributed by atoms with Crippen molar-refractivity contribution in [3.8, 4) is 0 Å². The Morgan fingerprint density at radius 2 is 1.74 bits per heavy atom. The fourth-order valence-electron chi connectivity index (χ4n) is 2.75. The molecule has 2 nitrogen and oxygen atoms in total. The number of halogens is 1. The highest BCUT2D eigenvalue weighted by molar-refractivity contribution is 6.29. The van der Waals surface area contributed by atoms with E-state index in [1.54, 1.807) is 0 Å². The van der Waals surface area contributed by atoms with Crippen LogP contribution in [0.4, 0.5) is 5.69 Å². The topological polar surface area (TPSA) is 16.1 Å². The summed E-state index contributed by atoms with van der Waals surface area (Å²) in [6.07, 6.45) is 4.27. The Morgan fingerprint density at radius 1 is 1.00 bits per heavy atom. The van der Waals surface area contributed by atoms with Gasteiger partial charge in [0.05, 0.1) is 11.9 Å². The Balaban J connectivity index is 1.65. The molecule has 1 fully saturated rings. The third-order valence-corrected chi connectivity index (χ3v) is 4.07. The quantitative estimate of drug-likeness (QED) is 0.765. The number of pyridine rings is 1. The Morgan fingerprint density at radius 3 is 2.37 bits per heavy atom. The predicted molar refractivity (Wildman–Crippen MR) is 79.9 cm³/mol. The minimum absolute atomic E-state index is 0.558. The fraction of sp³-hybridized carbons (Fsp3) is 0.312. The highest BCUT2D eigenvalue weighted by Crippen LogP contribution is 2.30. The molecule has 0 saturated carbocycles. The third kappa shape index (κ3) is 2.90. The summed E-state index contributed by atoms with van der Waals surface area (Å²) in [5, 5.41) is 0.558. The molecule has 1 aliphatic heterocycles. The average molecular weight is 273 g/mol. The zero-order valence-corrected chi connectivity index (χ0v) is 11.6. The van der Waals surface area contributed by atoms with Crippen molar-refractivity contribution >= 4 is 17.3 Å². The SMILES string of the molecule is Clc1ccc(N2CCC(c3ccccc3)CC2)cn1. The molecule has 3 heteroatoms. The first-order valence-electron chi connectivity index (χ1n) is 6.74. The van der Waals surface area contributed by atoms with Crippen molar-refractivity contribution in [3.63, 3.8) is 0 Å². The van der Waals surface area contributed by atoms with Crippen LogP contribution in [0.2, 0.25) is 5.15 Å². The molecule has 0 N–H and O–H groups in total. The molecule has 98 valence electrons. The van der Waals surface area contributed by atoms with Crippen molar-refractivity contribution < 1.29 is 0 Å². The summed E-state index contributed by atoms with van der Waals surface area (Å²) in [7, 11) is 0. The summed E-state index contributed by atoms with van der Waals surface area (Å²) in [4.78, 5) is 6.55. The Kier molecular flexibility index (Phi) is 3.69. The first-order valence-corrected chi connectivity index (χ1v) is 7.12. The summed E-state index contributed by atoms with van der Waals surface area (Å²) >= 11 is 5.82. The van der Waals surface area contributed by atoms with E-state index in [0.29, 0.717) is 11.1 Å². The third-order valence-electron chi connectivity index (χ3n) is 3.84. The Labute approximate surface area is 119 Å². The molecule has 0 unspecified atom stereocenters. The van der Waals surface area contributed by atoms with Crippen LogP contribution in [0.5, 0.6) is 0 Å². The monoisotopic (exact) mass is 272 g/mol. The molecule has 1 aromatic heterocycles. The maximum Gasteiger partial charge on any atom is 0.129 e. The zero-order chi connectivity index (χ0) is 13.1. The van der Waals surface area contributed by atoms with Gasteiger partial charge in [0, 0.05) is 13.1 Å². The van der Waals surface area contributed by atoms with Crippen molar-refractivity contribution in [2.24, 2.45) is 0 Å². The van der Waals surface area contributed by atoms with Crippen LogP contribution in [-0.4, -0.2) is 18.1 Å². The summed E-state index contributed by atoms with van der Waals surface area (Å²) in [6, 6.07) is 14.7. The summed E-state index contributed by atoms with van der Waals surface area (Å²) in [6.45, 7) is 2.17. The van der Waals surface area contributed by atoms with E-state index >= 15 is 0 Å². The summed E-state index contributed by atoms with van der Waals surface area (Å²) in [5.41, 5.74) is 2.65. The predicted octanol–water partition coefficient (Wildman–Crippen LogP) is 4.12. The van der Waals surface area contributed by atoms with E-state index in [2.05, 4.69) is 46.3 Å². The van der Waals surface area contributed by atoms with Crippen LogP contribution in [0.25, 0.3) is 0 Å². The highest BCUT2D eigenvalue weighted by atomic mass is 35.5. The fourth-order valence-corrected chi connectivity index (χ4v) is 2.86. The number of hydrogen-bond acceptors (Lipinski definition) is 2. The second kappa shape index (κ2) is 5.62. The van der Waals surface area contributed by atoms with E-state index in [1.165, 1.54) is 24.1 Å². The van der Waals surface area contributed by atoms with Gasteiger partial charge in [0.25, 0.3) is 0 Å². The van der Waals surface area contributed by atoms with Crippen LogP contribution >= 0.6 is 11.6 Å². The van der Waals surface area contributed by atoms with Crippen molar-refractivity contribution in [2.45, 2.75) is 18.8 Å². The number of rotatable bonds is 2. The van der Waals surface area contributed by atoms with Crippen molar-refractivity contribution in [1.29, 1.82) is 0 Å². The van der Waals surface area contributed by atoms with Crippen LogP contribution < -0.4 is 4.90 Å². The number of anilines is 1. The summed E-state index contributed by atoms with van der Waals surface area (Å²) < 4.78 is 0. The van der Waals surface area contributed by atoms with Crippen molar-refractivity contribution in [3.05, 3.63) is 59.4 Å². The Hall–Kier alpha value is -1.54. The van der Waals surface area contributed by atoms with Gasteiger partial charge in [0.1, 0.15) is 5.15 Å². The van der Waals surface area contributed by atoms with Gasteiger partial charge >= 0.3 is 0 Å². The second-order valence-electron chi connectivity index (χ2n) is 5.01. The molecular formula is C16H17ClN2. The second-order valence-corrected chi connectivity index (χ2v) is 5.40. The molecule has 0 bridgehead atoms. The molecule has 0 spiro atoms. The number of aromatic nitrogens is 1. The number of hydrogen-bond donors (Lipinski definition) is 0. The molecule has 2 heterocycles. The molecule has 3 rings (SSSR count). The lowest BCUT2D eigenvalue weighted by atomic mass is 9.89. The van der Waals surface area contributed by atoms with Gasteiger partial charge in [0.15, 0.2) is 0 Å². The number of piperidine rings is 1. The smallest absolute Gasteiger partial charge is 0.129 e. The lowest BCUT2D eigenvalue weighted by molar-refractivity contribution is 0.505. The molecule has 1 saturated heterocycles. The molecular weight excluding hydrogens is 256 g/mol. The van der Waals surface area contributed by atoms with Gasteiger partial charge in [-0.1, -0.05) is 41.9 Å². The van der Waals surface area contributed by atoms with Gasteiger partial charge < -0.3 is 4.90 Å². The van der Waals surface area contributed by atoms with Crippen molar-refractivity contribution in [1.82, 2.24) is 4.98 Å². The molecule has 0 aliphatic carbocycles. The van der Waals surface area contributed by atoms with Gasteiger partial charge in [0.2, 0.25) is 0 Å². The average Bonchev–Trinajstić information content (AvgIpc) is 2.49. The molecule has 2 aromatic rings. The molecule has 0 radical (unpaired) electrons. The normalized spacial score (nSPS) is 16.6. The largest absolute Gasteiger partial charge is 0.370 e. The minimum Gasteiger partial charge on any atom is -0.370 e. The minimum atomic E-state index is 0.558. The van der Waals surface area contributed by atoms with E-state index in [4.69, 9.17) is 11.6 Å². The highest BCUT2D eigenvalue weighted by Gasteiger charge is 2.20. The van der Waals surface area contributed by atoms with Gasteiger partial charge in [-0.05, 0) is 36.5 Å². The van der Waals surface area contributed by atoms with Crippen LogP contribution in [0, 0.1) is 0 Å². The molecule has 1 aliphatic rings. The first-order chi connectivity index (χ1) is 9.33. The van der Waals surface area contributed by atoms with E-state index in [0.717, 1.165) is 13.1 Å². The van der Waals surface area contributed by atoms with E-state index in [1.807, 2.05) is 12.3 Å². The van der Waals surface area contributed by atoms with Gasteiger partial charge in [-0.25, -0.2) is 4.98 Å². The van der Waals surface area contributed by atoms with Gasteiger partial charge in [-0.2, -0.15) is 0 Å². The van der Waals surface area contributed by atoms with Crippen LogP contribution in [-0.2, 0) is 0 Å². The van der Waals surface area contributed by atoms with E-state index in [9.17, 15) is 0 Å². The van der Waals surface area contributed by atoms with Gasteiger partial charge in [-0.15, -0.1) is 0 Å². The maximum atomic E-state index is 5.82. The number of nitrogens with zero attached hydrogens (tertiary/aromatic N) is 2.